The molecule has 0 saturated carbocycles. The molecule has 5 heteroatoms. The van der Waals surface area contributed by atoms with Crippen LogP contribution in [-0.4, -0.2) is 15.0 Å². The molecule has 298 valence electrons. The fourth-order valence-electron chi connectivity index (χ4n) is 9.67. The molecule has 2 heterocycles. The van der Waals surface area contributed by atoms with E-state index in [2.05, 4.69) is 152 Å². The molecular weight excluding hydrogens is 769 g/mol. The Labute approximate surface area is 365 Å². The molecule has 2 aromatic heterocycles. The maximum Gasteiger partial charge on any atom is 0.164 e. The number of hydrogen-bond acceptors (Lipinski definition) is 5. The summed E-state index contributed by atoms with van der Waals surface area (Å²) < 4.78 is 6.82. The van der Waals surface area contributed by atoms with Crippen LogP contribution in [0.1, 0.15) is 25.0 Å². The first-order chi connectivity index (χ1) is 31.0. The minimum absolute atomic E-state index is 0.125. The summed E-state index contributed by atoms with van der Waals surface area (Å²) in [5.74, 6) is 1.82. The second kappa shape index (κ2) is 14.5. The molecule has 5 nitrogen and oxygen atoms in total. The Morgan fingerprint density at radius 3 is 1.68 bits per heavy atom. The lowest BCUT2D eigenvalue weighted by Crippen LogP contribution is -2.16. The highest BCUT2D eigenvalue weighted by Gasteiger charge is 2.35. The van der Waals surface area contributed by atoms with Gasteiger partial charge in [0, 0.05) is 55.3 Å². The summed E-state index contributed by atoms with van der Waals surface area (Å²) in [6.07, 6.45) is 0. The molecule has 0 unspecified atom stereocenters. The largest absolute Gasteiger partial charge is 0.455 e. The molecule has 12 rings (SSSR count). The Kier molecular flexibility index (Phi) is 8.44. The molecule has 0 spiro atoms. The third-order valence-corrected chi connectivity index (χ3v) is 12.7. The van der Waals surface area contributed by atoms with E-state index in [0.717, 1.165) is 77.6 Å². The van der Waals surface area contributed by atoms with Crippen molar-refractivity contribution in [1.29, 1.82) is 0 Å². The number of anilines is 3. The van der Waals surface area contributed by atoms with Crippen LogP contribution in [0.2, 0.25) is 0 Å². The summed E-state index contributed by atoms with van der Waals surface area (Å²) >= 11 is 0. The Morgan fingerprint density at radius 1 is 0.381 bits per heavy atom. The van der Waals surface area contributed by atoms with Crippen molar-refractivity contribution in [3.8, 4) is 56.4 Å². The molecule has 0 amide bonds. The van der Waals surface area contributed by atoms with Crippen molar-refractivity contribution >= 4 is 49.8 Å². The average Bonchev–Trinajstić information content (AvgIpc) is 3.84. The number of furan rings is 1. The number of benzene rings is 9. The minimum atomic E-state index is -0.125. The van der Waals surface area contributed by atoms with E-state index < -0.39 is 0 Å². The molecule has 0 atom stereocenters. The summed E-state index contributed by atoms with van der Waals surface area (Å²) in [6.45, 7) is 4.68. The standard InChI is InChI=1S/C58H40N4O/c1-58(2)50-30-15-14-27-44(50)45-33-32-42(35-51(45)58)62(40-23-10-5-11-24-40)41-25-16-22-39(34-41)48-36-49-53-47(29-17-31-52(53)63-54(49)46-28-13-12-26-43(46)48)57-60-55(37-18-6-3-7-19-37)59-56(61-57)38-20-8-4-9-21-38/h3-36H,1-2H3. The highest BCUT2D eigenvalue weighted by Crippen LogP contribution is 2.51. The fourth-order valence-corrected chi connectivity index (χ4v) is 9.67. The van der Waals surface area contributed by atoms with Gasteiger partial charge in [-0.1, -0.05) is 172 Å². The summed E-state index contributed by atoms with van der Waals surface area (Å²) in [4.78, 5) is 17.6. The van der Waals surface area contributed by atoms with Gasteiger partial charge in [0.2, 0.25) is 0 Å². The Balaban J connectivity index is 1.05. The summed E-state index contributed by atoms with van der Waals surface area (Å²) in [7, 11) is 0. The third-order valence-electron chi connectivity index (χ3n) is 12.7. The van der Waals surface area contributed by atoms with Gasteiger partial charge in [0.05, 0.1) is 0 Å². The Hall–Kier alpha value is -8.15. The first kappa shape index (κ1) is 36.7. The zero-order valence-electron chi connectivity index (χ0n) is 34.8. The number of fused-ring (bicyclic) bond motifs is 8. The summed E-state index contributed by atoms with van der Waals surface area (Å²) in [5, 5.41) is 4.13. The van der Waals surface area contributed by atoms with Gasteiger partial charge in [-0.05, 0) is 87.3 Å². The maximum absolute atomic E-state index is 6.82. The molecule has 9 aromatic carbocycles. The van der Waals surface area contributed by atoms with Gasteiger partial charge in [-0.25, -0.2) is 15.0 Å². The highest BCUT2D eigenvalue weighted by atomic mass is 16.3. The van der Waals surface area contributed by atoms with Crippen LogP contribution in [0.3, 0.4) is 0 Å². The zero-order valence-corrected chi connectivity index (χ0v) is 34.8. The second-order valence-electron chi connectivity index (χ2n) is 16.8. The lowest BCUT2D eigenvalue weighted by molar-refractivity contribution is 0.660. The SMILES string of the molecule is CC1(C)c2ccccc2-c2ccc(N(c3ccccc3)c3cccc(-c4cc5c(oc6cccc(-c7nc(-c8ccccc8)nc(-c8ccccc8)n7)c65)c5ccccc45)c3)cc21. The van der Waals surface area contributed by atoms with Gasteiger partial charge in [-0.2, -0.15) is 0 Å². The van der Waals surface area contributed by atoms with E-state index in [4.69, 9.17) is 19.4 Å². The van der Waals surface area contributed by atoms with E-state index in [1.807, 2.05) is 72.8 Å². The van der Waals surface area contributed by atoms with Crippen LogP contribution in [0.15, 0.2) is 211 Å². The minimum Gasteiger partial charge on any atom is -0.455 e. The lowest BCUT2D eigenvalue weighted by Gasteiger charge is -2.28. The van der Waals surface area contributed by atoms with E-state index >= 15 is 0 Å². The van der Waals surface area contributed by atoms with E-state index in [0.29, 0.717) is 17.5 Å². The molecule has 0 N–H and O–H groups in total. The molecule has 0 fully saturated rings. The molecule has 0 aliphatic heterocycles. The predicted molar refractivity (Wildman–Crippen MR) is 259 cm³/mol. The Morgan fingerprint density at radius 2 is 0.937 bits per heavy atom. The van der Waals surface area contributed by atoms with Gasteiger partial charge >= 0.3 is 0 Å². The van der Waals surface area contributed by atoms with E-state index in [1.165, 1.54) is 22.3 Å². The molecule has 0 saturated heterocycles. The number of hydrogen-bond donors (Lipinski definition) is 0. The van der Waals surface area contributed by atoms with E-state index in [-0.39, 0.29) is 5.41 Å². The Bertz CT molecular complexity index is 3480. The third kappa shape index (κ3) is 6.04. The molecular formula is C58H40N4O. The smallest absolute Gasteiger partial charge is 0.164 e. The first-order valence-corrected chi connectivity index (χ1v) is 21.4. The van der Waals surface area contributed by atoms with Gasteiger partial charge in [0.15, 0.2) is 17.5 Å². The zero-order chi connectivity index (χ0) is 42.1. The van der Waals surface area contributed by atoms with Crippen molar-refractivity contribution in [1.82, 2.24) is 15.0 Å². The van der Waals surface area contributed by atoms with Crippen molar-refractivity contribution in [2.24, 2.45) is 0 Å². The number of nitrogens with zero attached hydrogens (tertiary/aromatic N) is 4. The number of para-hydroxylation sites is 1. The monoisotopic (exact) mass is 808 g/mol. The van der Waals surface area contributed by atoms with Gasteiger partial charge < -0.3 is 9.32 Å². The topological polar surface area (TPSA) is 55.1 Å². The van der Waals surface area contributed by atoms with Gasteiger partial charge in [0.1, 0.15) is 11.2 Å². The molecule has 63 heavy (non-hydrogen) atoms. The van der Waals surface area contributed by atoms with E-state index in [1.54, 1.807) is 0 Å². The van der Waals surface area contributed by atoms with Gasteiger partial charge in [-0.15, -0.1) is 0 Å². The molecule has 1 aliphatic carbocycles. The van der Waals surface area contributed by atoms with Crippen molar-refractivity contribution in [2.45, 2.75) is 19.3 Å². The van der Waals surface area contributed by atoms with Crippen molar-refractivity contribution < 1.29 is 4.42 Å². The van der Waals surface area contributed by atoms with Crippen LogP contribution in [0.5, 0.6) is 0 Å². The van der Waals surface area contributed by atoms with Gasteiger partial charge in [0.25, 0.3) is 0 Å². The molecule has 11 aromatic rings. The van der Waals surface area contributed by atoms with Crippen molar-refractivity contribution in [2.75, 3.05) is 4.90 Å². The van der Waals surface area contributed by atoms with Crippen molar-refractivity contribution in [3.63, 3.8) is 0 Å². The summed E-state index contributed by atoms with van der Waals surface area (Å²) in [6, 6.07) is 72.6. The molecule has 0 bridgehead atoms. The van der Waals surface area contributed by atoms with Crippen LogP contribution in [0.4, 0.5) is 17.1 Å². The quantitative estimate of drug-likeness (QED) is 0.160. The first-order valence-electron chi connectivity index (χ1n) is 21.4. The lowest BCUT2D eigenvalue weighted by atomic mass is 9.82. The fraction of sp³-hybridized carbons (Fsp3) is 0.0517. The number of aromatic nitrogens is 3. The van der Waals surface area contributed by atoms with Crippen LogP contribution in [0, 0.1) is 0 Å². The highest BCUT2D eigenvalue weighted by molar-refractivity contribution is 6.22. The van der Waals surface area contributed by atoms with Gasteiger partial charge in [-0.3, -0.25) is 0 Å². The van der Waals surface area contributed by atoms with Crippen LogP contribution in [-0.2, 0) is 5.41 Å². The van der Waals surface area contributed by atoms with Crippen LogP contribution in [0.25, 0.3) is 89.1 Å². The summed E-state index contributed by atoms with van der Waals surface area (Å²) in [5.41, 5.74) is 15.0. The normalized spacial score (nSPS) is 12.7. The second-order valence-corrected chi connectivity index (χ2v) is 16.8. The maximum atomic E-state index is 6.82. The van der Waals surface area contributed by atoms with Crippen molar-refractivity contribution in [3.05, 3.63) is 217 Å². The molecule has 1 aliphatic rings. The van der Waals surface area contributed by atoms with Crippen LogP contribution < -0.4 is 4.90 Å². The molecule has 0 radical (unpaired) electrons. The van der Waals surface area contributed by atoms with Crippen LogP contribution >= 0.6 is 0 Å². The van der Waals surface area contributed by atoms with E-state index in [9.17, 15) is 0 Å². The number of rotatable bonds is 7. The predicted octanol–water partition coefficient (Wildman–Crippen LogP) is 15.4. The average molecular weight is 809 g/mol.